The molecule has 0 radical (unpaired) electrons. The van der Waals surface area contributed by atoms with E-state index in [1.165, 1.54) is 0 Å². The molecule has 2 aliphatic rings. The van der Waals surface area contributed by atoms with E-state index in [4.69, 9.17) is 5.73 Å². The molecule has 132 valence electrons. The van der Waals surface area contributed by atoms with Crippen molar-refractivity contribution in [3.8, 4) is 0 Å². The molecule has 6 heteroatoms. The topological polar surface area (TPSA) is 75.4 Å². The van der Waals surface area contributed by atoms with E-state index >= 15 is 0 Å². The van der Waals surface area contributed by atoms with E-state index < -0.39 is 5.54 Å². The largest absolute Gasteiger partial charge is 0.350 e. The molecule has 5 nitrogen and oxygen atoms in total. The highest BCUT2D eigenvalue weighted by Gasteiger charge is 2.36. The van der Waals surface area contributed by atoms with Crippen LogP contribution in [0.15, 0.2) is 24.3 Å². The molecule has 1 aromatic rings. The van der Waals surface area contributed by atoms with Crippen LogP contribution in [-0.2, 0) is 16.1 Å². The quantitative estimate of drug-likeness (QED) is 0.875. The van der Waals surface area contributed by atoms with Crippen molar-refractivity contribution in [2.75, 3.05) is 11.4 Å². The highest BCUT2D eigenvalue weighted by molar-refractivity contribution is 5.94. The highest BCUT2D eigenvalue weighted by Crippen LogP contribution is 2.27. The lowest BCUT2D eigenvalue weighted by Crippen LogP contribution is -2.51. The van der Waals surface area contributed by atoms with Gasteiger partial charge in [0.15, 0.2) is 0 Å². The van der Waals surface area contributed by atoms with E-state index in [0.717, 1.165) is 56.3 Å². The maximum absolute atomic E-state index is 12.2. The van der Waals surface area contributed by atoms with Crippen LogP contribution in [0.3, 0.4) is 0 Å². The van der Waals surface area contributed by atoms with Crippen LogP contribution in [0.2, 0.25) is 0 Å². The Balaban J connectivity index is 0.00000208. The van der Waals surface area contributed by atoms with Gasteiger partial charge in [0.2, 0.25) is 11.8 Å². The first kappa shape index (κ1) is 18.7. The first-order chi connectivity index (χ1) is 11.1. The molecule has 1 saturated carbocycles. The van der Waals surface area contributed by atoms with Crippen LogP contribution in [0.25, 0.3) is 0 Å². The van der Waals surface area contributed by atoms with Crippen molar-refractivity contribution in [1.29, 1.82) is 0 Å². The Morgan fingerprint density at radius 3 is 2.42 bits per heavy atom. The Morgan fingerprint density at radius 1 is 1.12 bits per heavy atom. The fourth-order valence-corrected chi connectivity index (χ4v) is 3.46. The summed E-state index contributed by atoms with van der Waals surface area (Å²) in [5.41, 5.74) is 7.43. The number of nitrogens with one attached hydrogen (secondary N) is 1. The zero-order chi connectivity index (χ0) is 16.3. The van der Waals surface area contributed by atoms with E-state index in [9.17, 15) is 9.59 Å². The van der Waals surface area contributed by atoms with Gasteiger partial charge in [-0.25, -0.2) is 0 Å². The van der Waals surface area contributed by atoms with Crippen LogP contribution in [0.1, 0.15) is 50.5 Å². The predicted octanol–water partition coefficient (Wildman–Crippen LogP) is 2.51. The van der Waals surface area contributed by atoms with Crippen molar-refractivity contribution in [2.24, 2.45) is 5.73 Å². The molecule has 0 spiro atoms. The molecular formula is C18H26ClN3O2. The first-order valence-electron chi connectivity index (χ1n) is 8.55. The van der Waals surface area contributed by atoms with Gasteiger partial charge in [0.25, 0.3) is 0 Å². The molecule has 24 heavy (non-hydrogen) atoms. The van der Waals surface area contributed by atoms with Crippen LogP contribution in [0.5, 0.6) is 0 Å². The standard InChI is InChI=1S/C18H25N3O2.ClH/c19-18(10-2-3-11-18)17(23)20-13-14-6-8-15(9-7-14)21-12-4-1-5-16(21)22;/h6-9H,1-5,10-13,19H2,(H,20,23);1H. The predicted molar refractivity (Wildman–Crippen MR) is 97.1 cm³/mol. The molecule has 1 saturated heterocycles. The SMILES string of the molecule is Cl.NC1(C(=O)NCc2ccc(N3CCCCC3=O)cc2)CCCC1. The minimum atomic E-state index is -0.680. The van der Waals surface area contributed by atoms with Crippen molar-refractivity contribution >= 4 is 29.9 Å². The summed E-state index contributed by atoms with van der Waals surface area (Å²) >= 11 is 0. The first-order valence-corrected chi connectivity index (χ1v) is 8.55. The monoisotopic (exact) mass is 351 g/mol. The van der Waals surface area contributed by atoms with Crippen LogP contribution < -0.4 is 16.0 Å². The van der Waals surface area contributed by atoms with E-state index in [2.05, 4.69) is 5.32 Å². The Morgan fingerprint density at radius 2 is 1.79 bits per heavy atom. The minimum Gasteiger partial charge on any atom is -0.350 e. The molecule has 0 unspecified atom stereocenters. The third-order valence-electron chi connectivity index (χ3n) is 4.97. The zero-order valence-electron chi connectivity index (χ0n) is 13.9. The molecule has 1 aromatic carbocycles. The Labute approximate surface area is 149 Å². The molecule has 3 N–H and O–H groups in total. The number of hydrogen-bond donors (Lipinski definition) is 2. The fourth-order valence-electron chi connectivity index (χ4n) is 3.46. The summed E-state index contributed by atoms with van der Waals surface area (Å²) in [4.78, 5) is 26.0. The number of benzene rings is 1. The minimum absolute atomic E-state index is 0. The van der Waals surface area contributed by atoms with Gasteiger partial charge in [-0.05, 0) is 43.4 Å². The molecule has 1 aliphatic heterocycles. The summed E-state index contributed by atoms with van der Waals surface area (Å²) in [5, 5.41) is 2.94. The van der Waals surface area contributed by atoms with Gasteiger partial charge in [0.1, 0.15) is 0 Å². The van der Waals surface area contributed by atoms with Gasteiger partial charge in [0, 0.05) is 25.2 Å². The normalized spacial score (nSPS) is 19.7. The number of piperidine rings is 1. The number of carbonyl (C=O) groups excluding carboxylic acids is 2. The summed E-state index contributed by atoms with van der Waals surface area (Å²) in [6, 6.07) is 7.85. The molecule has 1 aliphatic carbocycles. The fraction of sp³-hybridized carbons (Fsp3) is 0.556. The molecule has 3 rings (SSSR count). The number of nitrogens with zero attached hydrogens (tertiary/aromatic N) is 1. The van der Waals surface area contributed by atoms with Crippen molar-refractivity contribution in [3.63, 3.8) is 0 Å². The van der Waals surface area contributed by atoms with Gasteiger partial charge in [-0.15, -0.1) is 12.4 Å². The highest BCUT2D eigenvalue weighted by atomic mass is 35.5. The number of anilines is 1. The summed E-state index contributed by atoms with van der Waals surface area (Å²) in [6.45, 7) is 1.27. The molecule has 2 fully saturated rings. The summed E-state index contributed by atoms with van der Waals surface area (Å²) < 4.78 is 0. The second-order valence-electron chi connectivity index (χ2n) is 6.71. The molecule has 0 atom stereocenters. The lowest BCUT2D eigenvalue weighted by Gasteiger charge is -2.27. The Kier molecular flexibility index (Phi) is 6.24. The lowest BCUT2D eigenvalue weighted by atomic mass is 9.98. The third kappa shape index (κ3) is 4.08. The Bertz CT molecular complexity index is 582. The smallest absolute Gasteiger partial charge is 0.240 e. The van der Waals surface area contributed by atoms with E-state index in [-0.39, 0.29) is 24.2 Å². The van der Waals surface area contributed by atoms with Gasteiger partial charge in [-0.2, -0.15) is 0 Å². The Hall–Kier alpha value is -1.59. The van der Waals surface area contributed by atoms with E-state index in [1.807, 2.05) is 29.2 Å². The molecule has 1 heterocycles. The number of halogens is 1. The number of nitrogens with two attached hydrogens (primary N) is 1. The van der Waals surface area contributed by atoms with Crippen LogP contribution in [-0.4, -0.2) is 23.9 Å². The summed E-state index contributed by atoms with van der Waals surface area (Å²) in [5.74, 6) is 0.147. The summed E-state index contributed by atoms with van der Waals surface area (Å²) in [7, 11) is 0. The van der Waals surface area contributed by atoms with Crippen LogP contribution in [0.4, 0.5) is 5.69 Å². The van der Waals surface area contributed by atoms with Crippen molar-refractivity contribution in [2.45, 2.75) is 57.0 Å². The molecule has 0 bridgehead atoms. The van der Waals surface area contributed by atoms with E-state index in [0.29, 0.717) is 13.0 Å². The zero-order valence-corrected chi connectivity index (χ0v) is 14.7. The van der Waals surface area contributed by atoms with E-state index in [1.54, 1.807) is 0 Å². The van der Waals surface area contributed by atoms with Crippen molar-refractivity contribution in [1.82, 2.24) is 5.32 Å². The second kappa shape index (κ2) is 7.99. The van der Waals surface area contributed by atoms with Gasteiger partial charge in [-0.3, -0.25) is 9.59 Å². The molecule has 2 amide bonds. The van der Waals surface area contributed by atoms with Gasteiger partial charge in [0.05, 0.1) is 5.54 Å². The average molecular weight is 352 g/mol. The molecular weight excluding hydrogens is 326 g/mol. The maximum Gasteiger partial charge on any atom is 0.240 e. The summed E-state index contributed by atoms with van der Waals surface area (Å²) in [6.07, 6.45) is 6.29. The number of carbonyl (C=O) groups is 2. The van der Waals surface area contributed by atoms with Gasteiger partial charge < -0.3 is 16.0 Å². The second-order valence-corrected chi connectivity index (χ2v) is 6.71. The number of hydrogen-bond acceptors (Lipinski definition) is 3. The lowest BCUT2D eigenvalue weighted by molar-refractivity contribution is -0.126. The van der Waals surface area contributed by atoms with Gasteiger partial charge >= 0.3 is 0 Å². The van der Waals surface area contributed by atoms with Crippen molar-refractivity contribution < 1.29 is 9.59 Å². The van der Waals surface area contributed by atoms with Crippen LogP contribution in [0, 0.1) is 0 Å². The number of rotatable bonds is 4. The number of amides is 2. The van der Waals surface area contributed by atoms with Gasteiger partial charge in [-0.1, -0.05) is 25.0 Å². The van der Waals surface area contributed by atoms with Crippen LogP contribution >= 0.6 is 12.4 Å². The van der Waals surface area contributed by atoms with Crippen molar-refractivity contribution in [3.05, 3.63) is 29.8 Å². The maximum atomic E-state index is 12.2. The molecule has 0 aromatic heterocycles. The third-order valence-corrected chi connectivity index (χ3v) is 4.97. The average Bonchev–Trinajstić information content (AvgIpc) is 3.02.